The third-order valence-corrected chi connectivity index (χ3v) is 12.6. The summed E-state index contributed by atoms with van der Waals surface area (Å²) in [6.07, 6.45) is 87.4. The average molecular weight is 1040 g/mol. The average Bonchev–Trinajstić information content (AvgIpc) is 3.41. The van der Waals surface area contributed by atoms with Crippen molar-refractivity contribution in [3.63, 3.8) is 0 Å². The molecule has 1 unspecified atom stereocenters. The predicted molar refractivity (Wildman–Crippen MR) is 325 cm³/mol. The summed E-state index contributed by atoms with van der Waals surface area (Å²) in [6, 6.07) is 0. The second-order valence-corrected chi connectivity index (χ2v) is 19.9. The Morgan fingerprint density at radius 3 is 0.893 bits per heavy atom. The molecule has 0 fully saturated rings. The Labute approximate surface area is 462 Å². The Bertz CT molecular complexity index is 1620. The van der Waals surface area contributed by atoms with Gasteiger partial charge in [-0.25, -0.2) is 0 Å². The molecule has 0 aliphatic rings. The van der Waals surface area contributed by atoms with Gasteiger partial charge in [0.15, 0.2) is 6.10 Å². The van der Waals surface area contributed by atoms with Gasteiger partial charge in [-0.1, -0.05) is 251 Å². The molecule has 0 rings (SSSR count). The van der Waals surface area contributed by atoms with E-state index in [1.54, 1.807) is 0 Å². The summed E-state index contributed by atoms with van der Waals surface area (Å²) in [6.45, 7) is 6.41. The number of esters is 3. The van der Waals surface area contributed by atoms with Crippen LogP contribution in [0.25, 0.3) is 0 Å². The van der Waals surface area contributed by atoms with Crippen LogP contribution in [-0.4, -0.2) is 37.2 Å². The minimum absolute atomic E-state index is 0.121. The maximum absolute atomic E-state index is 12.9. The van der Waals surface area contributed by atoms with Crippen molar-refractivity contribution in [2.24, 2.45) is 0 Å². The molecule has 6 heteroatoms. The third kappa shape index (κ3) is 60.3. The van der Waals surface area contributed by atoms with Gasteiger partial charge in [0.2, 0.25) is 0 Å². The summed E-state index contributed by atoms with van der Waals surface area (Å²) < 4.78 is 16.8. The van der Waals surface area contributed by atoms with Crippen molar-refractivity contribution in [2.45, 2.75) is 271 Å². The number of hydrogen-bond donors (Lipinski definition) is 0. The molecular formula is C69H112O6. The number of rotatable bonds is 54. The highest BCUT2D eigenvalue weighted by Crippen LogP contribution is 2.14. The minimum Gasteiger partial charge on any atom is -0.462 e. The van der Waals surface area contributed by atoms with E-state index in [0.29, 0.717) is 19.3 Å². The molecule has 0 amide bonds. The van der Waals surface area contributed by atoms with E-state index in [9.17, 15) is 14.4 Å². The van der Waals surface area contributed by atoms with E-state index in [-0.39, 0.29) is 31.6 Å². The molecule has 0 radical (unpaired) electrons. The van der Waals surface area contributed by atoms with Gasteiger partial charge < -0.3 is 14.2 Å². The van der Waals surface area contributed by atoms with Gasteiger partial charge >= 0.3 is 17.9 Å². The summed E-state index contributed by atoms with van der Waals surface area (Å²) in [7, 11) is 0. The van der Waals surface area contributed by atoms with Crippen LogP contribution in [-0.2, 0) is 28.6 Å². The van der Waals surface area contributed by atoms with Crippen molar-refractivity contribution < 1.29 is 28.6 Å². The highest BCUT2D eigenvalue weighted by atomic mass is 16.6. The Balaban J connectivity index is 4.55. The number of carbonyl (C=O) groups excluding carboxylic acids is 3. The first kappa shape index (κ1) is 70.5. The van der Waals surface area contributed by atoms with Gasteiger partial charge in [-0.05, 0) is 128 Å². The van der Waals surface area contributed by atoms with Crippen molar-refractivity contribution in [3.8, 4) is 0 Å². The standard InChI is InChI=1S/C69H112O6/c1-4-7-10-13-16-19-22-25-28-31-33-34-36-38-41-44-47-50-53-56-59-62-68(71)74-65-66(64-73-67(70)61-58-55-52-49-46-43-40-37-30-27-24-21-18-15-12-9-6-3)75-69(72)63-60-57-54-51-48-45-42-39-35-32-29-26-23-20-17-14-11-8-5-2/h8,11,17-18,20-22,25-27,29-31,33,35-36,38-39,45,48,54,57,66H,4-7,9-10,12-16,19,23-24,28,32,34,37,40-44,46-47,49-53,55-56,58-65H2,1-3H3/b11-8-,20-17-,21-18-,25-22-,29-26-,30-27-,33-31-,38-36-,39-35-,48-45-,57-54-. The van der Waals surface area contributed by atoms with Gasteiger partial charge in [-0.2, -0.15) is 0 Å². The topological polar surface area (TPSA) is 78.9 Å². The molecule has 0 aromatic rings. The first-order valence-corrected chi connectivity index (χ1v) is 30.7. The van der Waals surface area contributed by atoms with Crippen LogP contribution in [0.2, 0.25) is 0 Å². The van der Waals surface area contributed by atoms with Gasteiger partial charge in [0.1, 0.15) is 13.2 Å². The molecule has 424 valence electrons. The van der Waals surface area contributed by atoms with Gasteiger partial charge in [0, 0.05) is 19.3 Å². The van der Waals surface area contributed by atoms with Crippen LogP contribution in [0.1, 0.15) is 265 Å². The maximum Gasteiger partial charge on any atom is 0.306 e. The van der Waals surface area contributed by atoms with Crippen molar-refractivity contribution in [1.82, 2.24) is 0 Å². The summed E-state index contributed by atoms with van der Waals surface area (Å²) in [5.41, 5.74) is 0. The van der Waals surface area contributed by atoms with Crippen LogP contribution in [0.5, 0.6) is 0 Å². The summed E-state index contributed by atoms with van der Waals surface area (Å²) in [5.74, 6) is -1.03. The number of unbranched alkanes of at least 4 members (excludes halogenated alkanes) is 21. The molecule has 0 spiro atoms. The van der Waals surface area contributed by atoms with Gasteiger partial charge in [0.25, 0.3) is 0 Å². The van der Waals surface area contributed by atoms with Crippen molar-refractivity contribution in [1.29, 1.82) is 0 Å². The summed E-state index contributed by atoms with van der Waals surface area (Å²) >= 11 is 0. The number of allylic oxidation sites excluding steroid dienone is 22. The molecule has 0 aromatic carbocycles. The first-order valence-electron chi connectivity index (χ1n) is 30.7. The zero-order chi connectivity index (χ0) is 54.3. The van der Waals surface area contributed by atoms with E-state index in [4.69, 9.17) is 14.2 Å². The maximum atomic E-state index is 12.9. The van der Waals surface area contributed by atoms with Crippen LogP contribution in [0.3, 0.4) is 0 Å². The lowest BCUT2D eigenvalue weighted by Crippen LogP contribution is -2.30. The fourth-order valence-electron chi connectivity index (χ4n) is 8.03. The van der Waals surface area contributed by atoms with Crippen molar-refractivity contribution in [2.75, 3.05) is 13.2 Å². The molecule has 0 aliphatic carbocycles. The smallest absolute Gasteiger partial charge is 0.306 e. The quantitative estimate of drug-likeness (QED) is 0.0261. The molecule has 1 atom stereocenters. The van der Waals surface area contributed by atoms with Crippen LogP contribution >= 0.6 is 0 Å². The fraction of sp³-hybridized carbons (Fsp3) is 0.638. The van der Waals surface area contributed by atoms with Crippen LogP contribution < -0.4 is 0 Å². The van der Waals surface area contributed by atoms with E-state index in [0.717, 1.165) is 116 Å². The SMILES string of the molecule is CC/C=C\C/C=C\C/C=C\C/C=C\C/C=C\C/C=C\CCC(=O)OC(COC(=O)CCCCCCCC/C=C\C/C=C\C/C=C\CCCCCCC)COC(=O)CCCCCCCCC/C=C\C/C=C\CCCCC. The van der Waals surface area contributed by atoms with E-state index in [1.165, 1.54) is 103 Å². The second-order valence-electron chi connectivity index (χ2n) is 19.9. The monoisotopic (exact) mass is 1040 g/mol. The molecule has 0 bridgehead atoms. The highest BCUT2D eigenvalue weighted by molar-refractivity contribution is 5.71. The molecular weight excluding hydrogens is 925 g/mol. The Morgan fingerprint density at radius 1 is 0.280 bits per heavy atom. The van der Waals surface area contributed by atoms with E-state index in [1.807, 2.05) is 12.2 Å². The molecule has 0 aliphatic heterocycles. The van der Waals surface area contributed by atoms with Gasteiger partial charge in [0.05, 0.1) is 0 Å². The zero-order valence-electron chi connectivity index (χ0n) is 48.5. The number of carbonyl (C=O) groups is 3. The molecule has 0 saturated heterocycles. The summed E-state index contributed by atoms with van der Waals surface area (Å²) in [4.78, 5) is 38.3. The molecule has 0 aromatic heterocycles. The molecule has 75 heavy (non-hydrogen) atoms. The molecule has 0 N–H and O–H groups in total. The molecule has 0 heterocycles. The van der Waals surface area contributed by atoms with Crippen molar-refractivity contribution in [3.05, 3.63) is 134 Å². The lowest BCUT2D eigenvalue weighted by molar-refractivity contribution is -0.166. The summed E-state index contributed by atoms with van der Waals surface area (Å²) in [5, 5.41) is 0. The zero-order valence-corrected chi connectivity index (χ0v) is 48.5. The van der Waals surface area contributed by atoms with Gasteiger partial charge in [-0.3, -0.25) is 14.4 Å². The number of ether oxygens (including phenoxy) is 3. The largest absolute Gasteiger partial charge is 0.462 e. The second kappa shape index (κ2) is 62.1. The van der Waals surface area contributed by atoms with E-state index < -0.39 is 12.1 Å². The first-order chi connectivity index (χ1) is 37.0. The van der Waals surface area contributed by atoms with Crippen molar-refractivity contribution >= 4 is 17.9 Å². The lowest BCUT2D eigenvalue weighted by Gasteiger charge is -2.18. The minimum atomic E-state index is -0.834. The fourth-order valence-corrected chi connectivity index (χ4v) is 8.03. The Morgan fingerprint density at radius 2 is 0.547 bits per heavy atom. The highest BCUT2D eigenvalue weighted by Gasteiger charge is 2.19. The molecule has 6 nitrogen and oxygen atoms in total. The number of hydrogen-bond acceptors (Lipinski definition) is 6. The third-order valence-electron chi connectivity index (χ3n) is 12.6. The predicted octanol–water partition coefficient (Wildman–Crippen LogP) is 21.0. The lowest BCUT2D eigenvalue weighted by atomic mass is 10.1. The normalized spacial score (nSPS) is 13.1. The Hall–Kier alpha value is -4.45. The van der Waals surface area contributed by atoms with Crippen LogP contribution in [0, 0.1) is 0 Å². The Kier molecular flexibility index (Phi) is 58.4. The molecule has 0 saturated carbocycles. The van der Waals surface area contributed by atoms with Crippen LogP contribution in [0.4, 0.5) is 0 Å². The van der Waals surface area contributed by atoms with E-state index in [2.05, 4.69) is 142 Å². The van der Waals surface area contributed by atoms with E-state index >= 15 is 0 Å². The van der Waals surface area contributed by atoms with Gasteiger partial charge in [-0.15, -0.1) is 0 Å². The van der Waals surface area contributed by atoms with Crippen LogP contribution in [0.15, 0.2) is 134 Å².